The fourth-order valence-corrected chi connectivity index (χ4v) is 3.13. The van der Waals surface area contributed by atoms with Gasteiger partial charge in [0.1, 0.15) is 18.1 Å². The maximum atomic E-state index is 13.1. The molecule has 2 N–H and O–H groups in total. The molecule has 0 spiro atoms. The van der Waals surface area contributed by atoms with Crippen LogP contribution in [0.5, 0.6) is 5.75 Å². The molecule has 1 amide bonds. The zero-order chi connectivity index (χ0) is 20.2. The van der Waals surface area contributed by atoms with Crippen LogP contribution in [0.4, 0.5) is 4.39 Å². The summed E-state index contributed by atoms with van der Waals surface area (Å²) in [6.07, 6.45) is 4.04. The lowest BCUT2D eigenvalue weighted by molar-refractivity contribution is 0.0948. The monoisotopic (exact) mass is 399 g/mol. The van der Waals surface area contributed by atoms with E-state index >= 15 is 0 Å². The van der Waals surface area contributed by atoms with Crippen molar-refractivity contribution in [3.8, 4) is 5.75 Å². The summed E-state index contributed by atoms with van der Waals surface area (Å²) in [4.78, 5) is 12.8. The molecule has 1 unspecified atom stereocenters. The van der Waals surface area contributed by atoms with Crippen LogP contribution in [0.3, 0.4) is 0 Å². The highest BCUT2D eigenvalue weighted by atomic mass is 35.5. The van der Waals surface area contributed by atoms with E-state index < -0.39 is 5.83 Å². The predicted molar refractivity (Wildman–Crippen MR) is 104 cm³/mol. The summed E-state index contributed by atoms with van der Waals surface area (Å²) in [6, 6.07) is 0. The van der Waals surface area contributed by atoms with Gasteiger partial charge >= 0.3 is 0 Å². The van der Waals surface area contributed by atoms with E-state index in [-0.39, 0.29) is 16.5 Å². The van der Waals surface area contributed by atoms with E-state index in [1.165, 1.54) is 13.0 Å². The van der Waals surface area contributed by atoms with Crippen molar-refractivity contribution in [2.24, 2.45) is 7.05 Å². The number of aromatic nitrogens is 1. The van der Waals surface area contributed by atoms with E-state index in [0.29, 0.717) is 37.0 Å². The Morgan fingerprint density at radius 2 is 2.22 bits per heavy atom. The molecule has 0 aliphatic carbocycles. The number of allylic oxidation sites excluding steroid dienone is 4. The van der Waals surface area contributed by atoms with Gasteiger partial charge in [-0.1, -0.05) is 11.6 Å². The van der Waals surface area contributed by atoms with Gasteiger partial charge in [-0.15, -0.1) is 0 Å². The Hall–Kier alpha value is -1.83. The molecule has 1 fully saturated rings. The van der Waals surface area contributed by atoms with Gasteiger partial charge in [0.05, 0.1) is 17.2 Å². The zero-order valence-electron chi connectivity index (χ0n) is 16.4. The summed E-state index contributed by atoms with van der Waals surface area (Å²) in [7, 11) is 3.65. The Labute approximate surface area is 164 Å². The van der Waals surface area contributed by atoms with E-state index in [2.05, 4.69) is 10.6 Å². The van der Waals surface area contributed by atoms with Gasteiger partial charge in [-0.2, -0.15) is 0 Å². The van der Waals surface area contributed by atoms with Gasteiger partial charge in [0.2, 0.25) is 0 Å². The van der Waals surface area contributed by atoms with Crippen molar-refractivity contribution >= 4 is 17.5 Å². The largest absolute Gasteiger partial charge is 0.489 e. The van der Waals surface area contributed by atoms with Crippen molar-refractivity contribution < 1.29 is 18.7 Å². The van der Waals surface area contributed by atoms with Crippen LogP contribution in [-0.2, 0) is 11.8 Å². The van der Waals surface area contributed by atoms with Crippen LogP contribution >= 0.6 is 11.6 Å². The molecule has 2 heterocycles. The summed E-state index contributed by atoms with van der Waals surface area (Å²) >= 11 is 5.79. The maximum Gasteiger partial charge on any atom is 0.275 e. The second-order valence-electron chi connectivity index (χ2n) is 6.89. The third kappa shape index (κ3) is 5.12. The van der Waals surface area contributed by atoms with E-state index in [9.17, 15) is 9.18 Å². The molecule has 0 saturated carbocycles. The van der Waals surface area contributed by atoms with E-state index in [1.807, 2.05) is 20.2 Å². The van der Waals surface area contributed by atoms with Crippen molar-refractivity contribution in [3.63, 3.8) is 0 Å². The number of hydrogen-bond donors (Lipinski definition) is 2. The Morgan fingerprint density at radius 1 is 1.52 bits per heavy atom. The second-order valence-corrected chi connectivity index (χ2v) is 7.29. The van der Waals surface area contributed by atoms with Gasteiger partial charge < -0.3 is 24.7 Å². The molecule has 1 aliphatic rings. The highest BCUT2D eigenvalue weighted by Gasteiger charge is 2.35. The number of likely N-dealkylation sites (N-methyl/N-ethyl adjacent to an activating group) is 1. The number of carbonyl (C=O) groups excluding carboxylic acids is 1. The number of ether oxygens (including phenoxy) is 2. The average Bonchev–Trinajstić information content (AvgIpc) is 3.17. The molecule has 2 rings (SSSR count). The molecule has 1 aromatic rings. The van der Waals surface area contributed by atoms with Crippen molar-refractivity contribution in [2.75, 3.05) is 26.9 Å². The van der Waals surface area contributed by atoms with E-state index in [0.717, 1.165) is 12.0 Å². The van der Waals surface area contributed by atoms with Crippen LogP contribution in [-0.4, -0.2) is 42.9 Å². The maximum absolute atomic E-state index is 13.1. The minimum Gasteiger partial charge on any atom is -0.489 e. The minimum atomic E-state index is -0.514. The van der Waals surface area contributed by atoms with Crippen LogP contribution in [0, 0.1) is 6.92 Å². The number of nitrogens with one attached hydrogen (secondary N) is 2. The highest BCUT2D eigenvalue weighted by molar-refractivity contribution is 6.31. The molecule has 150 valence electrons. The van der Waals surface area contributed by atoms with E-state index in [1.54, 1.807) is 18.5 Å². The first-order valence-corrected chi connectivity index (χ1v) is 9.14. The lowest BCUT2D eigenvalue weighted by Crippen LogP contribution is -2.48. The van der Waals surface area contributed by atoms with Crippen molar-refractivity contribution in [1.29, 1.82) is 0 Å². The van der Waals surface area contributed by atoms with E-state index in [4.69, 9.17) is 21.1 Å². The Morgan fingerprint density at radius 3 is 2.78 bits per heavy atom. The molecule has 1 aromatic heterocycles. The molecular formula is C19H27ClFN3O3. The summed E-state index contributed by atoms with van der Waals surface area (Å²) < 4.78 is 26.4. The Balaban J connectivity index is 2.19. The normalized spacial score (nSPS) is 21.2. The quantitative estimate of drug-likeness (QED) is 0.691. The lowest BCUT2D eigenvalue weighted by Gasteiger charge is -2.27. The molecule has 8 heteroatoms. The first-order valence-electron chi connectivity index (χ1n) is 8.76. The molecule has 1 aliphatic heterocycles. The van der Waals surface area contributed by atoms with Gasteiger partial charge in [-0.05, 0) is 40.3 Å². The topological polar surface area (TPSA) is 64.5 Å². The van der Waals surface area contributed by atoms with Crippen LogP contribution in [0.2, 0.25) is 0 Å². The predicted octanol–water partition coefficient (Wildman–Crippen LogP) is 3.16. The summed E-state index contributed by atoms with van der Waals surface area (Å²) in [6.45, 7) is 6.41. The SMILES string of the molecule is CNC1(COc2c(C)cn(C)c2C(=O)N/C(C)=C/C(Cl)=C(\C)F)CCOC1. The molecule has 0 radical (unpaired) electrons. The standard InChI is InChI=1S/C19H27ClFN3O3/c1-12-9-24(5)16(18(25)23-13(2)8-15(20)14(3)21)17(12)27-11-19(22-4)6-7-26-10-19/h8-9,22H,6-7,10-11H2,1-5H3,(H,23,25)/b13-8+,15-14-. The second kappa shape index (κ2) is 8.91. The van der Waals surface area contributed by atoms with Gasteiger partial charge in [-0.3, -0.25) is 4.79 Å². The molecule has 27 heavy (non-hydrogen) atoms. The lowest BCUT2D eigenvalue weighted by atomic mass is 10.0. The number of aryl methyl sites for hydroxylation is 2. The van der Waals surface area contributed by atoms with Gasteiger partial charge in [0, 0.05) is 31.1 Å². The molecule has 6 nitrogen and oxygen atoms in total. The third-order valence-electron chi connectivity index (χ3n) is 4.64. The third-order valence-corrected chi connectivity index (χ3v) is 5.01. The molecule has 0 bridgehead atoms. The summed E-state index contributed by atoms with van der Waals surface area (Å²) in [5.41, 5.74) is 1.42. The first-order chi connectivity index (χ1) is 12.7. The number of amides is 1. The van der Waals surface area contributed by atoms with Crippen LogP contribution in [0.1, 0.15) is 36.3 Å². The number of carbonyl (C=O) groups is 1. The molecule has 1 atom stereocenters. The van der Waals surface area contributed by atoms with Crippen molar-refractivity contribution in [1.82, 2.24) is 15.2 Å². The molecular weight excluding hydrogens is 373 g/mol. The average molecular weight is 400 g/mol. The zero-order valence-corrected chi connectivity index (χ0v) is 17.2. The smallest absolute Gasteiger partial charge is 0.275 e. The van der Waals surface area contributed by atoms with Crippen molar-refractivity contribution in [3.05, 3.63) is 40.1 Å². The highest BCUT2D eigenvalue weighted by Crippen LogP contribution is 2.28. The Bertz CT molecular complexity index is 760. The molecule has 1 saturated heterocycles. The number of hydrogen-bond acceptors (Lipinski definition) is 4. The van der Waals surface area contributed by atoms with Crippen LogP contribution in [0.25, 0.3) is 0 Å². The van der Waals surface area contributed by atoms with Crippen LogP contribution in [0.15, 0.2) is 28.8 Å². The fourth-order valence-electron chi connectivity index (χ4n) is 2.97. The van der Waals surface area contributed by atoms with Gasteiger partial charge in [0.25, 0.3) is 5.91 Å². The summed E-state index contributed by atoms with van der Waals surface area (Å²) in [5, 5.41) is 5.94. The number of rotatable bonds is 7. The number of nitrogens with zero attached hydrogens (tertiary/aromatic N) is 1. The van der Waals surface area contributed by atoms with Gasteiger partial charge in [-0.25, -0.2) is 4.39 Å². The minimum absolute atomic E-state index is 0.0514. The van der Waals surface area contributed by atoms with Crippen LogP contribution < -0.4 is 15.4 Å². The summed E-state index contributed by atoms with van der Waals surface area (Å²) in [5.74, 6) is -0.343. The first kappa shape index (κ1) is 21.5. The number of halogens is 2. The fraction of sp³-hybridized carbons (Fsp3) is 0.526. The van der Waals surface area contributed by atoms with Gasteiger partial charge in [0.15, 0.2) is 5.75 Å². The Kier molecular flexibility index (Phi) is 7.08. The van der Waals surface area contributed by atoms with Crippen molar-refractivity contribution in [2.45, 2.75) is 32.7 Å². The molecule has 0 aromatic carbocycles.